The Morgan fingerprint density at radius 1 is 1.35 bits per heavy atom. The summed E-state index contributed by atoms with van der Waals surface area (Å²) in [4.78, 5) is 14.5. The van der Waals surface area contributed by atoms with Crippen molar-refractivity contribution in [1.82, 2.24) is 19.0 Å². The summed E-state index contributed by atoms with van der Waals surface area (Å²) in [5.41, 5.74) is 0.631. The summed E-state index contributed by atoms with van der Waals surface area (Å²) in [6.45, 7) is 4.89. The van der Waals surface area contributed by atoms with Crippen LogP contribution in [0.1, 0.15) is 36.5 Å². The minimum Gasteiger partial charge on any atom is -0.468 e. The highest BCUT2D eigenvalue weighted by Gasteiger charge is 2.36. The molecule has 0 aliphatic carbocycles. The van der Waals surface area contributed by atoms with Gasteiger partial charge in [-0.05, 0) is 39.3 Å². The first-order chi connectivity index (χ1) is 14.3. The molecule has 3 heterocycles. The Labute approximate surface area is 182 Å². The maximum atomic E-state index is 13.2. The van der Waals surface area contributed by atoms with E-state index in [1.807, 2.05) is 0 Å². The molecule has 0 aromatic carbocycles. The summed E-state index contributed by atoms with van der Waals surface area (Å²) in [6, 6.07) is 2.20. The second-order valence-electron chi connectivity index (χ2n) is 7.97. The Morgan fingerprint density at radius 2 is 2.03 bits per heavy atom. The Hall–Kier alpha value is -2.18. The fraction of sp³-hybridized carbons (Fsp3) is 0.579. The number of carbonyl (C=O) groups excluding carboxylic acids is 1. The number of likely N-dealkylation sites (N-methyl/N-ethyl adjacent to an activating group) is 1. The molecule has 12 heteroatoms. The van der Waals surface area contributed by atoms with Gasteiger partial charge in [0.15, 0.2) is 9.84 Å². The number of rotatable bonds is 7. The van der Waals surface area contributed by atoms with Gasteiger partial charge in [0.1, 0.15) is 16.7 Å². The van der Waals surface area contributed by atoms with E-state index in [9.17, 15) is 21.6 Å². The number of furan rings is 1. The first kappa shape index (κ1) is 23.5. The fourth-order valence-corrected chi connectivity index (χ4v) is 7.19. The minimum atomic E-state index is -3.88. The van der Waals surface area contributed by atoms with E-state index < -0.39 is 25.9 Å². The standard InChI is InChI=1S/C19H28N4O6S2/c1-13-18(31(27,28)21(4)11-17-7-6-9-29-17)14(2)23(20-13)15(3)19(24)22(5)16-8-10-30(25,26)12-16/h6-7,9,15-16H,8,10-12H2,1-5H3/t15-,16-/m1/s1. The van der Waals surface area contributed by atoms with E-state index in [0.717, 1.165) is 0 Å². The molecule has 0 unspecified atom stereocenters. The van der Waals surface area contributed by atoms with Gasteiger partial charge in [0.05, 0.1) is 35.7 Å². The van der Waals surface area contributed by atoms with E-state index in [2.05, 4.69) is 5.10 Å². The largest absolute Gasteiger partial charge is 0.468 e. The number of aromatic nitrogens is 2. The van der Waals surface area contributed by atoms with Crippen molar-refractivity contribution < 1.29 is 26.0 Å². The van der Waals surface area contributed by atoms with Crippen molar-refractivity contribution in [3.05, 3.63) is 35.5 Å². The molecule has 1 aliphatic rings. The molecule has 0 spiro atoms. The van der Waals surface area contributed by atoms with Crippen LogP contribution in [0, 0.1) is 13.8 Å². The molecule has 2 atom stereocenters. The monoisotopic (exact) mass is 472 g/mol. The maximum absolute atomic E-state index is 13.2. The van der Waals surface area contributed by atoms with Crippen molar-refractivity contribution in [3.63, 3.8) is 0 Å². The quantitative estimate of drug-likeness (QED) is 0.592. The molecular weight excluding hydrogens is 444 g/mol. The van der Waals surface area contributed by atoms with Crippen LogP contribution >= 0.6 is 0 Å². The van der Waals surface area contributed by atoms with Crippen LogP contribution in [0.4, 0.5) is 0 Å². The van der Waals surface area contributed by atoms with Gasteiger partial charge in [-0.25, -0.2) is 16.8 Å². The van der Waals surface area contributed by atoms with Crippen molar-refractivity contribution in [3.8, 4) is 0 Å². The van der Waals surface area contributed by atoms with Crippen LogP contribution in [0.3, 0.4) is 0 Å². The normalized spacial score (nSPS) is 19.6. The summed E-state index contributed by atoms with van der Waals surface area (Å²) in [5, 5.41) is 4.34. The Kier molecular flexibility index (Phi) is 6.36. The highest BCUT2D eigenvalue weighted by atomic mass is 32.2. The van der Waals surface area contributed by atoms with E-state index in [4.69, 9.17) is 4.42 Å². The van der Waals surface area contributed by atoms with E-state index in [1.165, 1.54) is 27.2 Å². The summed E-state index contributed by atoms with van der Waals surface area (Å²) in [7, 11) is -3.99. The van der Waals surface area contributed by atoms with Crippen LogP contribution in [0.25, 0.3) is 0 Å². The summed E-state index contributed by atoms with van der Waals surface area (Å²) in [6.07, 6.45) is 1.87. The van der Waals surface area contributed by atoms with Crippen LogP contribution in [-0.4, -0.2) is 73.4 Å². The lowest BCUT2D eigenvalue weighted by atomic mass is 10.2. The van der Waals surface area contributed by atoms with Crippen molar-refractivity contribution >= 4 is 25.8 Å². The zero-order valence-corrected chi connectivity index (χ0v) is 19.9. The number of nitrogens with zero attached hydrogens (tertiary/aromatic N) is 4. The highest BCUT2D eigenvalue weighted by molar-refractivity contribution is 7.91. The number of carbonyl (C=O) groups is 1. The molecule has 0 bridgehead atoms. The van der Waals surface area contributed by atoms with E-state index >= 15 is 0 Å². The molecule has 10 nitrogen and oxygen atoms in total. The van der Waals surface area contributed by atoms with Crippen LogP contribution in [-0.2, 0) is 31.2 Å². The third kappa shape index (κ3) is 4.55. The van der Waals surface area contributed by atoms with Gasteiger partial charge in [-0.15, -0.1) is 0 Å². The highest BCUT2D eigenvalue weighted by Crippen LogP contribution is 2.27. The van der Waals surface area contributed by atoms with E-state index in [1.54, 1.807) is 40.0 Å². The average Bonchev–Trinajstić information content (AvgIpc) is 3.39. The number of sulfonamides is 1. The van der Waals surface area contributed by atoms with E-state index in [0.29, 0.717) is 17.9 Å². The van der Waals surface area contributed by atoms with Gasteiger partial charge in [0.25, 0.3) is 0 Å². The minimum absolute atomic E-state index is 0.0484. The summed E-state index contributed by atoms with van der Waals surface area (Å²) < 4.78 is 57.7. The number of amides is 1. The van der Waals surface area contributed by atoms with Gasteiger partial charge >= 0.3 is 0 Å². The fourth-order valence-electron chi connectivity index (χ4n) is 3.92. The average molecular weight is 473 g/mol. The molecular formula is C19H28N4O6S2. The molecule has 1 saturated heterocycles. The number of hydrogen-bond acceptors (Lipinski definition) is 7. The van der Waals surface area contributed by atoms with Crippen molar-refractivity contribution in [2.45, 2.75) is 50.7 Å². The predicted molar refractivity (Wildman–Crippen MR) is 114 cm³/mol. The van der Waals surface area contributed by atoms with Crippen LogP contribution in [0.5, 0.6) is 0 Å². The molecule has 31 heavy (non-hydrogen) atoms. The van der Waals surface area contributed by atoms with Gasteiger partial charge in [-0.2, -0.15) is 9.40 Å². The maximum Gasteiger partial charge on any atom is 0.247 e. The summed E-state index contributed by atoms with van der Waals surface area (Å²) in [5.74, 6) is 0.190. The Morgan fingerprint density at radius 3 is 2.58 bits per heavy atom. The molecule has 1 aliphatic heterocycles. The molecule has 1 fully saturated rings. The molecule has 1 amide bonds. The van der Waals surface area contributed by atoms with Gasteiger partial charge < -0.3 is 9.32 Å². The van der Waals surface area contributed by atoms with Crippen LogP contribution < -0.4 is 0 Å². The first-order valence-electron chi connectivity index (χ1n) is 9.86. The van der Waals surface area contributed by atoms with E-state index in [-0.39, 0.29) is 40.6 Å². The van der Waals surface area contributed by atoms with Gasteiger partial charge in [0, 0.05) is 20.1 Å². The second kappa shape index (κ2) is 8.40. The Balaban J connectivity index is 1.85. The molecule has 2 aromatic rings. The number of aryl methyl sites for hydroxylation is 1. The number of sulfone groups is 1. The topological polar surface area (TPSA) is 123 Å². The Bertz CT molecular complexity index is 1170. The predicted octanol–water partition coefficient (Wildman–Crippen LogP) is 1.12. The van der Waals surface area contributed by atoms with Crippen molar-refractivity contribution in [2.24, 2.45) is 0 Å². The lowest BCUT2D eigenvalue weighted by Crippen LogP contribution is -2.41. The molecule has 0 saturated carbocycles. The SMILES string of the molecule is Cc1nn([C@H](C)C(=O)N(C)[C@@H]2CCS(=O)(=O)C2)c(C)c1S(=O)(=O)N(C)Cc1ccco1. The third-order valence-corrected chi connectivity index (χ3v) is 9.52. The lowest BCUT2D eigenvalue weighted by Gasteiger charge is -2.27. The van der Waals surface area contributed by atoms with Crippen molar-refractivity contribution in [1.29, 1.82) is 0 Å². The first-order valence-corrected chi connectivity index (χ1v) is 13.1. The van der Waals surface area contributed by atoms with Crippen LogP contribution in [0.2, 0.25) is 0 Å². The zero-order valence-electron chi connectivity index (χ0n) is 18.3. The van der Waals surface area contributed by atoms with Crippen LogP contribution in [0.15, 0.2) is 27.7 Å². The molecule has 2 aromatic heterocycles. The van der Waals surface area contributed by atoms with Gasteiger partial charge in [0.2, 0.25) is 15.9 Å². The second-order valence-corrected chi connectivity index (χ2v) is 12.2. The smallest absolute Gasteiger partial charge is 0.247 e. The van der Waals surface area contributed by atoms with Gasteiger partial charge in [-0.3, -0.25) is 9.48 Å². The lowest BCUT2D eigenvalue weighted by molar-refractivity contribution is -0.135. The summed E-state index contributed by atoms with van der Waals surface area (Å²) >= 11 is 0. The third-order valence-electron chi connectivity index (χ3n) is 5.71. The molecule has 0 N–H and O–H groups in total. The van der Waals surface area contributed by atoms with Crippen molar-refractivity contribution in [2.75, 3.05) is 25.6 Å². The number of hydrogen-bond donors (Lipinski definition) is 0. The zero-order chi connectivity index (χ0) is 23.1. The van der Waals surface area contributed by atoms with Gasteiger partial charge in [-0.1, -0.05) is 0 Å². The molecule has 172 valence electrons. The molecule has 0 radical (unpaired) electrons. The molecule has 3 rings (SSSR count).